The van der Waals surface area contributed by atoms with Crippen LogP contribution in [0.4, 0.5) is 5.69 Å². The average Bonchev–Trinajstić information content (AvgIpc) is 3.15. The van der Waals surface area contributed by atoms with Gasteiger partial charge in [-0.05, 0) is 19.0 Å². The number of ether oxygens (including phenoxy) is 1. The Morgan fingerprint density at radius 3 is 2.56 bits per heavy atom. The summed E-state index contributed by atoms with van der Waals surface area (Å²) in [5.41, 5.74) is -0.200. The summed E-state index contributed by atoms with van der Waals surface area (Å²) in [6, 6.07) is 4.06. The van der Waals surface area contributed by atoms with Crippen LogP contribution in [0, 0.1) is 10.1 Å². The molecule has 3 rings (SSSR count). The van der Waals surface area contributed by atoms with Crippen molar-refractivity contribution < 1.29 is 18.1 Å². The quantitative estimate of drug-likeness (QED) is 0.586. The van der Waals surface area contributed by atoms with Gasteiger partial charge in [0.2, 0.25) is 10.0 Å². The second-order valence-corrected chi connectivity index (χ2v) is 8.09. The highest BCUT2D eigenvalue weighted by molar-refractivity contribution is 7.89. The van der Waals surface area contributed by atoms with Gasteiger partial charge < -0.3 is 10.1 Å². The molecule has 25 heavy (non-hydrogen) atoms. The van der Waals surface area contributed by atoms with Crippen LogP contribution in [-0.2, 0) is 10.0 Å². The van der Waals surface area contributed by atoms with Crippen molar-refractivity contribution in [3.63, 3.8) is 0 Å². The summed E-state index contributed by atoms with van der Waals surface area (Å²) in [5, 5.41) is 14.2. The van der Waals surface area contributed by atoms with Crippen LogP contribution in [0.25, 0.3) is 0 Å². The molecule has 0 aliphatic carbocycles. The first-order chi connectivity index (χ1) is 11.9. The summed E-state index contributed by atoms with van der Waals surface area (Å²) < 4.78 is 32.4. The molecule has 1 unspecified atom stereocenters. The number of benzene rings is 1. The number of rotatable bonds is 5. The third kappa shape index (κ3) is 3.61. The van der Waals surface area contributed by atoms with Crippen molar-refractivity contribution in [2.45, 2.75) is 17.4 Å². The first-order valence-electron chi connectivity index (χ1n) is 8.21. The maximum atomic E-state index is 12.9. The van der Waals surface area contributed by atoms with E-state index in [1.165, 1.54) is 23.5 Å². The highest BCUT2D eigenvalue weighted by atomic mass is 32.2. The number of hydrogen-bond acceptors (Lipinski definition) is 7. The normalized spacial score (nSPS) is 22.8. The van der Waals surface area contributed by atoms with Crippen LogP contribution >= 0.6 is 0 Å². The second kappa shape index (κ2) is 7.24. The molecule has 0 saturated carbocycles. The highest BCUT2D eigenvalue weighted by Crippen LogP contribution is 2.31. The lowest BCUT2D eigenvalue weighted by atomic mass is 10.2. The molecule has 2 aliphatic heterocycles. The van der Waals surface area contributed by atoms with Gasteiger partial charge in [0.1, 0.15) is 10.6 Å². The number of nitro groups is 1. The fourth-order valence-electron chi connectivity index (χ4n) is 3.38. The molecule has 0 radical (unpaired) electrons. The van der Waals surface area contributed by atoms with E-state index in [4.69, 9.17) is 4.74 Å². The van der Waals surface area contributed by atoms with Gasteiger partial charge >= 0.3 is 0 Å². The Morgan fingerprint density at radius 1 is 1.28 bits per heavy atom. The minimum Gasteiger partial charge on any atom is -0.495 e. The Labute approximate surface area is 146 Å². The Balaban J connectivity index is 1.77. The molecule has 2 heterocycles. The third-order valence-corrected chi connectivity index (χ3v) is 6.74. The minimum atomic E-state index is -3.75. The van der Waals surface area contributed by atoms with Crippen molar-refractivity contribution in [1.82, 2.24) is 14.5 Å². The first kappa shape index (κ1) is 18.1. The van der Waals surface area contributed by atoms with Crippen LogP contribution in [0.2, 0.25) is 0 Å². The molecule has 0 bridgehead atoms. The van der Waals surface area contributed by atoms with E-state index < -0.39 is 14.9 Å². The molecule has 2 fully saturated rings. The van der Waals surface area contributed by atoms with Gasteiger partial charge in [0.05, 0.1) is 18.1 Å². The van der Waals surface area contributed by atoms with Crippen LogP contribution in [-0.4, -0.2) is 75.0 Å². The number of nitrogens with zero attached hydrogens (tertiary/aromatic N) is 3. The molecule has 0 aromatic heterocycles. The summed E-state index contributed by atoms with van der Waals surface area (Å²) in [6.45, 7) is 4.12. The van der Waals surface area contributed by atoms with Gasteiger partial charge in [-0.3, -0.25) is 15.0 Å². The van der Waals surface area contributed by atoms with Crippen molar-refractivity contribution in [2.24, 2.45) is 0 Å². The zero-order valence-electron chi connectivity index (χ0n) is 14.1. The van der Waals surface area contributed by atoms with Gasteiger partial charge in [-0.25, -0.2) is 8.42 Å². The van der Waals surface area contributed by atoms with E-state index in [1.807, 2.05) is 0 Å². The van der Waals surface area contributed by atoms with Gasteiger partial charge in [0.15, 0.2) is 0 Å². The van der Waals surface area contributed by atoms with E-state index in [1.54, 1.807) is 0 Å². The number of nitro benzene ring substituents is 1. The van der Waals surface area contributed by atoms with Gasteiger partial charge in [0, 0.05) is 44.8 Å². The molecule has 0 spiro atoms. The van der Waals surface area contributed by atoms with E-state index in [-0.39, 0.29) is 16.3 Å². The summed E-state index contributed by atoms with van der Waals surface area (Å²) in [5.74, 6) is -0.00313. The van der Waals surface area contributed by atoms with E-state index in [0.717, 1.165) is 25.6 Å². The molecular weight excluding hydrogens is 348 g/mol. The molecular formula is C15H22N4O5S. The Kier molecular flexibility index (Phi) is 5.23. The van der Waals surface area contributed by atoms with Crippen LogP contribution in [0.5, 0.6) is 5.75 Å². The van der Waals surface area contributed by atoms with Crippen molar-refractivity contribution in [3.05, 3.63) is 28.3 Å². The second-order valence-electron chi connectivity index (χ2n) is 6.18. The molecule has 2 saturated heterocycles. The summed E-state index contributed by atoms with van der Waals surface area (Å²) in [4.78, 5) is 12.6. The number of sulfonamides is 1. The fourth-order valence-corrected chi connectivity index (χ4v) is 4.94. The van der Waals surface area contributed by atoms with Crippen LogP contribution in [0.15, 0.2) is 23.1 Å². The molecule has 0 amide bonds. The van der Waals surface area contributed by atoms with Crippen molar-refractivity contribution in [2.75, 3.05) is 46.4 Å². The van der Waals surface area contributed by atoms with Crippen molar-refractivity contribution >= 4 is 15.7 Å². The fraction of sp³-hybridized carbons (Fsp3) is 0.600. The summed E-state index contributed by atoms with van der Waals surface area (Å²) >= 11 is 0. The summed E-state index contributed by atoms with van der Waals surface area (Å²) in [7, 11) is -2.44. The van der Waals surface area contributed by atoms with Gasteiger partial charge in [-0.15, -0.1) is 0 Å². The van der Waals surface area contributed by atoms with Crippen LogP contribution in [0.3, 0.4) is 0 Å². The lowest BCUT2D eigenvalue weighted by Gasteiger charge is -2.37. The lowest BCUT2D eigenvalue weighted by molar-refractivity contribution is -0.385. The minimum absolute atomic E-state index is 0.00313. The largest absolute Gasteiger partial charge is 0.495 e. The molecule has 9 nitrogen and oxygen atoms in total. The molecule has 2 aliphatic rings. The molecule has 1 atom stereocenters. The van der Waals surface area contributed by atoms with E-state index in [2.05, 4.69) is 10.2 Å². The predicted octanol–water partition coefficient (Wildman–Crippen LogP) is 0.272. The molecule has 1 aromatic carbocycles. The first-order valence-corrected chi connectivity index (χ1v) is 9.65. The molecule has 138 valence electrons. The predicted molar refractivity (Wildman–Crippen MR) is 91.3 cm³/mol. The maximum absolute atomic E-state index is 12.9. The zero-order chi connectivity index (χ0) is 18.0. The van der Waals surface area contributed by atoms with Crippen LogP contribution in [0.1, 0.15) is 6.42 Å². The molecule has 1 aromatic rings. The number of hydrogen-bond donors (Lipinski definition) is 1. The Morgan fingerprint density at radius 2 is 2.00 bits per heavy atom. The van der Waals surface area contributed by atoms with E-state index >= 15 is 0 Å². The summed E-state index contributed by atoms with van der Waals surface area (Å²) in [6.07, 6.45) is 1.09. The van der Waals surface area contributed by atoms with Gasteiger partial charge in [0.25, 0.3) is 5.69 Å². The molecule has 10 heteroatoms. The maximum Gasteiger partial charge on any atom is 0.273 e. The van der Waals surface area contributed by atoms with E-state index in [9.17, 15) is 18.5 Å². The smallest absolute Gasteiger partial charge is 0.273 e. The monoisotopic (exact) mass is 370 g/mol. The number of nitrogens with one attached hydrogen (secondary N) is 1. The van der Waals surface area contributed by atoms with Gasteiger partial charge in [-0.2, -0.15) is 4.31 Å². The average molecular weight is 370 g/mol. The van der Waals surface area contributed by atoms with Crippen molar-refractivity contribution in [1.29, 1.82) is 0 Å². The highest BCUT2D eigenvalue weighted by Gasteiger charge is 2.33. The Bertz CT molecular complexity index is 740. The van der Waals surface area contributed by atoms with Crippen LogP contribution < -0.4 is 10.1 Å². The zero-order valence-corrected chi connectivity index (χ0v) is 14.9. The van der Waals surface area contributed by atoms with Gasteiger partial charge in [-0.1, -0.05) is 0 Å². The van der Waals surface area contributed by atoms with Crippen molar-refractivity contribution in [3.8, 4) is 5.75 Å². The van der Waals surface area contributed by atoms with E-state index in [0.29, 0.717) is 32.2 Å². The standard InChI is InChI=1S/C15H22N4O5S/c1-24-14-10-12(19(20)21)2-3-15(14)25(22,23)18-8-6-17(7-9-18)13-4-5-16-11-13/h2-3,10,13,16H,4-9,11H2,1H3. The topological polar surface area (TPSA) is 105 Å². The third-order valence-electron chi connectivity index (χ3n) is 4.80. The SMILES string of the molecule is COc1cc([N+](=O)[O-])ccc1S(=O)(=O)N1CCN(C2CCNC2)CC1. The molecule has 1 N–H and O–H groups in total. The lowest BCUT2D eigenvalue weighted by Crippen LogP contribution is -2.52. The number of methoxy groups -OCH3 is 1. The number of non-ortho nitro benzene ring substituents is 1. The number of piperazine rings is 1. The Hall–Kier alpha value is -1.75.